The molecule has 0 aliphatic heterocycles. The molecule has 0 N–H and O–H groups in total. The Balaban J connectivity index is 1.72. The molecule has 0 saturated heterocycles. The molecule has 1 atom stereocenters. The predicted octanol–water partition coefficient (Wildman–Crippen LogP) is 3.46. The molecule has 24 heavy (non-hydrogen) atoms. The van der Waals surface area contributed by atoms with Crippen LogP contribution in [0.1, 0.15) is 31.4 Å². The lowest BCUT2D eigenvalue weighted by atomic mass is 10.1. The van der Waals surface area contributed by atoms with Crippen molar-refractivity contribution in [2.45, 2.75) is 39.4 Å². The first kappa shape index (κ1) is 16.3. The van der Waals surface area contributed by atoms with E-state index in [-0.39, 0.29) is 0 Å². The van der Waals surface area contributed by atoms with Crippen molar-refractivity contribution >= 4 is 0 Å². The fraction of sp³-hybridized carbons (Fsp3) is 0.316. The highest BCUT2D eigenvalue weighted by Gasteiger charge is 2.13. The summed E-state index contributed by atoms with van der Waals surface area (Å²) < 4.78 is 1.77. The Bertz CT molecular complexity index is 722. The summed E-state index contributed by atoms with van der Waals surface area (Å²) in [6.07, 6.45) is 8.15. The Kier molecular flexibility index (Phi) is 5.33. The zero-order valence-corrected chi connectivity index (χ0v) is 14.2. The molecule has 3 rings (SSSR count). The monoisotopic (exact) mass is 321 g/mol. The van der Waals surface area contributed by atoms with Crippen LogP contribution < -0.4 is 0 Å². The Morgan fingerprint density at radius 3 is 2.46 bits per heavy atom. The van der Waals surface area contributed by atoms with Crippen molar-refractivity contribution in [3.63, 3.8) is 0 Å². The molecule has 5 heteroatoms. The van der Waals surface area contributed by atoms with Crippen molar-refractivity contribution in [2.75, 3.05) is 0 Å². The summed E-state index contributed by atoms with van der Waals surface area (Å²) in [6.45, 7) is 6.34. The standard InChI is InChI=1S/C19H23N5/c1-3-16(2)23(13-18-5-4-10-20-11-18)12-17-6-8-19(9-7-17)24-15-21-14-22-24/h4-11,14-16H,3,12-13H2,1-2H3/t16-/m1/s1. The maximum Gasteiger partial charge on any atom is 0.138 e. The number of hydrogen-bond donors (Lipinski definition) is 0. The molecule has 0 unspecified atom stereocenters. The van der Waals surface area contributed by atoms with Gasteiger partial charge in [-0.3, -0.25) is 9.88 Å². The Morgan fingerprint density at radius 1 is 1.04 bits per heavy atom. The number of benzene rings is 1. The summed E-state index contributed by atoms with van der Waals surface area (Å²) >= 11 is 0. The van der Waals surface area contributed by atoms with Gasteiger partial charge < -0.3 is 0 Å². The molecule has 0 amide bonds. The normalized spacial score (nSPS) is 12.5. The van der Waals surface area contributed by atoms with E-state index in [0.29, 0.717) is 6.04 Å². The molecule has 0 bridgehead atoms. The van der Waals surface area contributed by atoms with Crippen molar-refractivity contribution in [2.24, 2.45) is 0 Å². The lowest BCUT2D eigenvalue weighted by Crippen LogP contribution is -2.31. The first-order valence-electron chi connectivity index (χ1n) is 8.33. The molecule has 124 valence electrons. The molecule has 0 aliphatic rings. The third-order valence-electron chi connectivity index (χ3n) is 4.33. The number of rotatable bonds is 7. The SMILES string of the molecule is CC[C@@H](C)N(Cc1ccc(-n2cncn2)cc1)Cc1cccnc1. The third kappa shape index (κ3) is 4.06. The minimum absolute atomic E-state index is 0.514. The van der Waals surface area contributed by atoms with E-state index in [4.69, 9.17) is 0 Å². The van der Waals surface area contributed by atoms with E-state index in [0.717, 1.165) is 25.2 Å². The van der Waals surface area contributed by atoms with E-state index in [1.807, 2.05) is 18.5 Å². The van der Waals surface area contributed by atoms with Crippen LogP contribution in [0.25, 0.3) is 5.69 Å². The van der Waals surface area contributed by atoms with E-state index < -0.39 is 0 Å². The van der Waals surface area contributed by atoms with Crippen LogP contribution in [0.5, 0.6) is 0 Å². The largest absolute Gasteiger partial charge is 0.292 e. The van der Waals surface area contributed by atoms with Gasteiger partial charge in [0.05, 0.1) is 5.69 Å². The zero-order chi connectivity index (χ0) is 16.8. The second-order valence-electron chi connectivity index (χ2n) is 6.03. The molecule has 5 nitrogen and oxygen atoms in total. The van der Waals surface area contributed by atoms with Crippen molar-refractivity contribution in [1.29, 1.82) is 0 Å². The van der Waals surface area contributed by atoms with Gasteiger partial charge in [0.15, 0.2) is 0 Å². The lowest BCUT2D eigenvalue weighted by molar-refractivity contribution is 0.186. The van der Waals surface area contributed by atoms with E-state index >= 15 is 0 Å². The molecule has 0 fully saturated rings. The average molecular weight is 321 g/mol. The van der Waals surface area contributed by atoms with Gasteiger partial charge >= 0.3 is 0 Å². The second-order valence-corrected chi connectivity index (χ2v) is 6.03. The summed E-state index contributed by atoms with van der Waals surface area (Å²) in [4.78, 5) is 10.7. The fourth-order valence-corrected chi connectivity index (χ4v) is 2.68. The van der Waals surface area contributed by atoms with Crippen LogP contribution in [0.2, 0.25) is 0 Å². The predicted molar refractivity (Wildman–Crippen MR) is 94.6 cm³/mol. The van der Waals surface area contributed by atoms with Crippen molar-refractivity contribution in [3.05, 3.63) is 72.6 Å². The van der Waals surface area contributed by atoms with E-state index in [1.165, 1.54) is 11.1 Å². The van der Waals surface area contributed by atoms with Crippen LogP contribution in [-0.2, 0) is 13.1 Å². The average Bonchev–Trinajstić information content (AvgIpc) is 3.16. The summed E-state index contributed by atoms with van der Waals surface area (Å²) in [7, 11) is 0. The summed E-state index contributed by atoms with van der Waals surface area (Å²) in [5.74, 6) is 0. The second kappa shape index (κ2) is 7.84. The fourth-order valence-electron chi connectivity index (χ4n) is 2.68. The molecule has 1 aromatic carbocycles. The van der Waals surface area contributed by atoms with Crippen molar-refractivity contribution in [1.82, 2.24) is 24.6 Å². The summed E-state index contributed by atoms with van der Waals surface area (Å²) in [6, 6.07) is 13.1. The Morgan fingerprint density at radius 2 is 1.83 bits per heavy atom. The topological polar surface area (TPSA) is 46.8 Å². The van der Waals surface area contributed by atoms with Crippen LogP contribution in [0, 0.1) is 0 Å². The molecule has 2 heterocycles. The molecule has 0 radical (unpaired) electrons. The van der Waals surface area contributed by atoms with Crippen LogP contribution in [-0.4, -0.2) is 30.7 Å². The van der Waals surface area contributed by atoms with E-state index in [1.54, 1.807) is 17.3 Å². The minimum Gasteiger partial charge on any atom is -0.292 e. The third-order valence-corrected chi connectivity index (χ3v) is 4.33. The van der Waals surface area contributed by atoms with Gasteiger partial charge in [0.2, 0.25) is 0 Å². The smallest absolute Gasteiger partial charge is 0.138 e. The van der Waals surface area contributed by atoms with Gasteiger partial charge in [-0.15, -0.1) is 0 Å². The molecule has 0 spiro atoms. The molecular weight excluding hydrogens is 298 g/mol. The van der Waals surface area contributed by atoms with E-state index in [9.17, 15) is 0 Å². The molecule has 3 aromatic rings. The number of aromatic nitrogens is 4. The van der Waals surface area contributed by atoms with Crippen LogP contribution >= 0.6 is 0 Å². The highest BCUT2D eigenvalue weighted by atomic mass is 15.3. The van der Waals surface area contributed by atoms with Gasteiger partial charge in [0, 0.05) is 31.5 Å². The van der Waals surface area contributed by atoms with Gasteiger partial charge in [-0.05, 0) is 42.7 Å². The van der Waals surface area contributed by atoms with Crippen molar-refractivity contribution < 1.29 is 0 Å². The van der Waals surface area contributed by atoms with Crippen LogP contribution in [0.4, 0.5) is 0 Å². The number of hydrogen-bond acceptors (Lipinski definition) is 4. The van der Waals surface area contributed by atoms with Gasteiger partial charge in [0.1, 0.15) is 12.7 Å². The molecule has 2 aromatic heterocycles. The van der Waals surface area contributed by atoms with Crippen LogP contribution in [0.3, 0.4) is 0 Å². The highest BCUT2D eigenvalue weighted by Crippen LogP contribution is 2.16. The summed E-state index contributed by atoms with van der Waals surface area (Å²) in [5.41, 5.74) is 3.57. The van der Waals surface area contributed by atoms with Gasteiger partial charge in [-0.25, -0.2) is 9.67 Å². The minimum atomic E-state index is 0.514. The van der Waals surface area contributed by atoms with Gasteiger partial charge in [-0.2, -0.15) is 5.10 Å². The molecule has 0 aliphatic carbocycles. The maximum absolute atomic E-state index is 4.23. The molecule has 0 saturated carbocycles. The first-order chi connectivity index (χ1) is 11.8. The highest BCUT2D eigenvalue weighted by molar-refractivity contribution is 5.33. The van der Waals surface area contributed by atoms with Gasteiger partial charge in [0.25, 0.3) is 0 Å². The van der Waals surface area contributed by atoms with Gasteiger partial charge in [-0.1, -0.05) is 25.1 Å². The van der Waals surface area contributed by atoms with Crippen molar-refractivity contribution in [3.8, 4) is 5.69 Å². The zero-order valence-electron chi connectivity index (χ0n) is 14.2. The number of pyridine rings is 1. The Hall–Kier alpha value is -2.53. The quantitative estimate of drug-likeness (QED) is 0.668. The lowest BCUT2D eigenvalue weighted by Gasteiger charge is -2.28. The Labute approximate surface area is 143 Å². The summed E-state index contributed by atoms with van der Waals surface area (Å²) in [5, 5.41) is 4.16. The maximum atomic E-state index is 4.23. The van der Waals surface area contributed by atoms with Crippen LogP contribution in [0.15, 0.2) is 61.4 Å². The molecular formula is C19H23N5. The number of nitrogens with zero attached hydrogens (tertiary/aromatic N) is 5. The van der Waals surface area contributed by atoms with E-state index in [2.05, 4.69) is 64.1 Å². The first-order valence-corrected chi connectivity index (χ1v) is 8.33.